The van der Waals surface area contributed by atoms with Crippen LogP contribution < -0.4 is 9.62 Å². The minimum atomic E-state index is -4.08. The SMILES string of the molecule is CC[C@@H](C(=O)NC(C)(C)C)N(Cc1ccccc1)C(=O)CN(c1ccc(C(C)C)cc1)S(=O)(=O)c1ccccc1. The zero-order valence-electron chi connectivity index (χ0n) is 24.3. The molecule has 0 aliphatic carbocycles. The number of rotatable bonds is 11. The predicted molar refractivity (Wildman–Crippen MR) is 160 cm³/mol. The first kappa shape index (κ1) is 30.9. The van der Waals surface area contributed by atoms with Crippen molar-refractivity contribution < 1.29 is 18.0 Å². The summed E-state index contributed by atoms with van der Waals surface area (Å²) >= 11 is 0. The van der Waals surface area contributed by atoms with Gasteiger partial charge in [0.2, 0.25) is 11.8 Å². The molecule has 0 aromatic heterocycles. The summed E-state index contributed by atoms with van der Waals surface area (Å²) in [5, 5.41) is 2.98. The maximum atomic E-state index is 14.1. The molecule has 0 spiro atoms. The van der Waals surface area contributed by atoms with Gasteiger partial charge in [-0.3, -0.25) is 13.9 Å². The Morgan fingerprint density at radius 3 is 1.90 bits per heavy atom. The molecule has 7 nitrogen and oxygen atoms in total. The zero-order valence-corrected chi connectivity index (χ0v) is 25.1. The summed E-state index contributed by atoms with van der Waals surface area (Å²) in [5.41, 5.74) is 1.79. The lowest BCUT2D eigenvalue weighted by molar-refractivity contribution is -0.141. The van der Waals surface area contributed by atoms with E-state index >= 15 is 0 Å². The fourth-order valence-corrected chi connectivity index (χ4v) is 5.86. The lowest BCUT2D eigenvalue weighted by Crippen LogP contribution is -2.55. The first-order valence-electron chi connectivity index (χ1n) is 13.7. The summed E-state index contributed by atoms with van der Waals surface area (Å²) in [4.78, 5) is 29.0. The summed E-state index contributed by atoms with van der Waals surface area (Å²) in [5.74, 6) is -0.479. The molecule has 0 aliphatic rings. The van der Waals surface area contributed by atoms with Crippen molar-refractivity contribution >= 4 is 27.5 Å². The number of hydrogen-bond donors (Lipinski definition) is 1. The van der Waals surface area contributed by atoms with Crippen molar-refractivity contribution in [2.45, 2.75) is 76.9 Å². The van der Waals surface area contributed by atoms with Gasteiger partial charge in [0.05, 0.1) is 10.6 Å². The third-order valence-electron chi connectivity index (χ3n) is 6.54. The standard InChI is InChI=1S/C32H41N3O4S/c1-7-29(31(37)33-32(4,5)6)34(22-25-14-10-8-11-15-25)30(36)23-35(27-20-18-26(19-21-27)24(2)3)40(38,39)28-16-12-9-13-17-28/h8-21,24,29H,7,22-23H2,1-6H3,(H,33,37)/t29-/m0/s1. The number of carbonyl (C=O) groups is 2. The van der Waals surface area contributed by atoms with Gasteiger partial charge in [-0.05, 0) is 68.5 Å². The molecule has 0 aliphatic heterocycles. The topological polar surface area (TPSA) is 86.8 Å². The fraction of sp³-hybridized carbons (Fsp3) is 0.375. The van der Waals surface area contributed by atoms with Crippen LogP contribution in [0.3, 0.4) is 0 Å². The summed E-state index contributed by atoms with van der Waals surface area (Å²) in [6, 6.07) is 23.9. The second-order valence-corrected chi connectivity index (χ2v) is 13.1. The van der Waals surface area contributed by atoms with Crippen LogP contribution in [-0.2, 0) is 26.2 Å². The second kappa shape index (κ2) is 13.1. The number of carbonyl (C=O) groups excluding carboxylic acids is 2. The molecule has 0 bridgehead atoms. The Hall–Kier alpha value is -3.65. The van der Waals surface area contributed by atoms with Crippen molar-refractivity contribution in [2.75, 3.05) is 10.8 Å². The Kier molecular flexibility index (Phi) is 10.1. The summed E-state index contributed by atoms with van der Waals surface area (Å²) < 4.78 is 28.9. The Labute approximate surface area is 239 Å². The smallest absolute Gasteiger partial charge is 0.264 e. The maximum absolute atomic E-state index is 14.1. The Balaban J connectivity index is 2.06. The van der Waals surface area contributed by atoms with Gasteiger partial charge in [-0.2, -0.15) is 0 Å². The van der Waals surface area contributed by atoms with Crippen LogP contribution in [-0.4, -0.2) is 43.3 Å². The molecule has 8 heteroatoms. The Bertz CT molecular complexity index is 1370. The van der Waals surface area contributed by atoms with Crippen LogP contribution in [0.5, 0.6) is 0 Å². The van der Waals surface area contributed by atoms with Gasteiger partial charge in [-0.15, -0.1) is 0 Å². The van der Waals surface area contributed by atoms with Gasteiger partial charge >= 0.3 is 0 Å². The van der Waals surface area contributed by atoms with Crippen LogP contribution in [0.15, 0.2) is 89.8 Å². The molecule has 40 heavy (non-hydrogen) atoms. The normalized spacial score (nSPS) is 12.6. The zero-order chi connectivity index (χ0) is 29.5. The van der Waals surface area contributed by atoms with Crippen molar-refractivity contribution in [2.24, 2.45) is 0 Å². The molecule has 214 valence electrons. The predicted octanol–water partition coefficient (Wildman–Crippen LogP) is 5.73. The first-order chi connectivity index (χ1) is 18.8. The molecule has 3 aromatic carbocycles. The number of nitrogens with zero attached hydrogens (tertiary/aromatic N) is 2. The summed E-state index contributed by atoms with van der Waals surface area (Å²) in [7, 11) is -4.08. The van der Waals surface area contributed by atoms with E-state index in [9.17, 15) is 18.0 Å². The van der Waals surface area contributed by atoms with E-state index in [0.29, 0.717) is 12.1 Å². The van der Waals surface area contributed by atoms with Gasteiger partial charge in [0, 0.05) is 12.1 Å². The Morgan fingerprint density at radius 2 is 1.40 bits per heavy atom. The van der Waals surface area contributed by atoms with Crippen LogP contribution in [0.2, 0.25) is 0 Å². The van der Waals surface area contributed by atoms with Gasteiger partial charge in [0.25, 0.3) is 10.0 Å². The van der Waals surface area contributed by atoms with Gasteiger partial charge in [0.1, 0.15) is 12.6 Å². The van der Waals surface area contributed by atoms with Gasteiger partial charge in [0.15, 0.2) is 0 Å². The molecular formula is C32H41N3O4S. The van der Waals surface area contributed by atoms with Gasteiger partial charge in [-0.25, -0.2) is 8.42 Å². The highest BCUT2D eigenvalue weighted by atomic mass is 32.2. The average Bonchev–Trinajstić information content (AvgIpc) is 2.91. The first-order valence-corrected chi connectivity index (χ1v) is 15.1. The minimum Gasteiger partial charge on any atom is -0.350 e. The number of sulfonamides is 1. The molecule has 0 fully saturated rings. The van der Waals surface area contributed by atoms with Crippen molar-refractivity contribution in [1.82, 2.24) is 10.2 Å². The molecule has 1 N–H and O–H groups in total. The van der Waals surface area contributed by atoms with Gasteiger partial charge in [-0.1, -0.05) is 81.4 Å². The third-order valence-corrected chi connectivity index (χ3v) is 8.33. The van der Waals surface area contributed by atoms with E-state index in [2.05, 4.69) is 19.2 Å². The van der Waals surface area contributed by atoms with E-state index < -0.39 is 34.1 Å². The van der Waals surface area contributed by atoms with Crippen LogP contribution in [0.25, 0.3) is 0 Å². The second-order valence-electron chi connectivity index (χ2n) is 11.2. The van der Waals surface area contributed by atoms with Crippen LogP contribution in [0, 0.1) is 0 Å². The molecule has 2 amide bonds. The highest BCUT2D eigenvalue weighted by Crippen LogP contribution is 2.27. The molecule has 0 unspecified atom stereocenters. The van der Waals surface area contributed by atoms with E-state index in [1.54, 1.807) is 30.3 Å². The van der Waals surface area contributed by atoms with E-state index in [-0.39, 0.29) is 23.3 Å². The van der Waals surface area contributed by atoms with E-state index in [0.717, 1.165) is 15.4 Å². The highest BCUT2D eigenvalue weighted by molar-refractivity contribution is 7.92. The van der Waals surface area contributed by atoms with E-state index in [1.807, 2.05) is 70.2 Å². The molecule has 0 radical (unpaired) electrons. The number of nitrogens with one attached hydrogen (secondary N) is 1. The largest absolute Gasteiger partial charge is 0.350 e. The van der Waals surface area contributed by atoms with Crippen molar-refractivity contribution in [3.63, 3.8) is 0 Å². The van der Waals surface area contributed by atoms with Crippen molar-refractivity contribution in [3.8, 4) is 0 Å². The number of benzene rings is 3. The van der Waals surface area contributed by atoms with Crippen LogP contribution >= 0.6 is 0 Å². The fourth-order valence-electron chi connectivity index (χ4n) is 4.43. The average molecular weight is 564 g/mol. The highest BCUT2D eigenvalue weighted by Gasteiger charge is 2.34. The maximum Gasteiger partial charge on any atom is 0.264 e. The summed E-state index contributed by atoms with van der Waals surface area (Å²) in [6.07, 6.45) is 0.370. The molecule has 0 saturated carbocycles. The van der Waals surface area contributed by atoms with Crippen LogP contribution in [0.1, 0.15) is 65.0 Å². The Morgan fingerprint density at radius 1 is 0.850 bits per heavy atom. The molecule has 3 rings (SSSR count). The lowest BCUT2D eigenvalue weighted by Gasteiger charge is -2.34. The van der Waals surface area contributed by atoms with Gasteiger partial charge < -0.3 is 10.2 Å². The molecule has 3 aromatic rings. The molecule has 1 atom stereocenters. The number of anilines is 1. The quantitative estimate of drug-likeness (QED) is 0.323. The third kappa shape index (κ3) is 7.94. The molecule has 0 saturated heterocycles. The number of hydrogen-bond acceptors (Lipinski definition) is 4. The molecular weight excluding hydrogens is 522 g/mol. The minimum absolute atomic E-state index is 0.0860. The number of amides is 2. The summed E-state index contributed by atoms with van der Waals surface area (Å²) in [6.45, 7) is 11.3. The molecule has 0 heterocycles. The van der Waals surface area contributed by atoms with E-state index in [4.69, 9.17) is 0 Å². The van der Waals surface area contributed by atoms with Crippen molar-refractivity contribution in [1.29, 1.82) is 0 Å². The van der Waals surface area contributed by atoms with Crippen LogP contribution in [0.4, 0.5) is 5.69 Å². The lowest BCUT2D eigenvalue weighted by atomic mass is 10.0. The van der Waals surface area contributed by atoms with Crippen molar-refractivity contribution in [3.05, 3.63) is 96.1 Å². The van der Waals surface area contributed by atoms with E-state index in [1.165, 1.54) is 17.0 Å². The monoisotopic (exact) mass is 563 g/mol.